The Labute approximate surface area is 602 Å². The van der Waals surface area contributed by atoms with Crippen molar-refractivity contribution in [3.8, 4) is 67.3 Å². The molecule has 0 aliphatic heterocycles. The molecule has 0 N–H and O–H groups in total. The minimum absolute atomic E-state index is 0.0673. The molecule has 0 saturated carbocycles. The van der Waals surface area contributed by atoms with Crippen molar-refractivity contribution in [3.05, 3.63) is 432 Å². The summed E-state index contributed by atoms with van der Waals surface area (Å²) >= 11 is 0. The standard InChI is InChI=1S/C58H37N3.C22H13NO.C19H14/c1-4-18-38(19-5-1)55-46-27-11-15-29-50(46)59-57-45-26-10-14-28-49(45)58(56(55)57,39-32-34-53-47(36-39)43-24-12-16-30-51(43)60(53)41-20-6-2-7-21-41)40-33-35-54-48(37-40)44-25-13-17-31-52(44)61(54)42-22-8-3-9-23-42;24-22-16-11-5-4-10-15(16)21-20(22)19(14-8-2-1-3-9-14)17-12-6-7-13-18(17)23-21;1-2-8-14(9-3-1)19-17-12-6-4-10-15(17)16-11-5-7-13-18(16)19/h1-37H;1-13H;1-13,19H. The maximum Gasteiger partial charge on any atom is 0.196 e. The highest BCUT2D eigenvalue weighted by molar-refractivity contribution is 6.27. The molecule has 0 bridgehead atoms. The van der Waals surface area contributed by atoms with E-state index in [2.05, 4.69) is 325 Å². The number of hydrogen-bond donors (Lipinski definition) is 0. The van der Waals surface area contributed by atoms with E-state index >= 15 is 0 Å². The molecular weight excluding hydrogens is 1260 g/mol. The average Bonchev–Trinajstić information content (AvgIpc) is 1.50. The molecule has 0 spiro atoms. The van der Waals surface area contributed by atoms with Gasteiger partial charge in [-0.05, 0) is 134 Å². The van der Waals surface area contributed by atoms with Gasteiger partial charge >= 0.3 is 0 Å². The van der Waals surface area contributed by atoms with Crippen LogP contribution in [0.25, 0.3) is 133 Å². The zero-order chi connectivity index (χ0) is 68.8. The highest BCUT2D eigenvalue weighted by Crippen LogP contribution is 2.61. The molecular formula is C99H64N4O. The van der Waals surface area contributed by atoms with Crippen molar-refractivity contribution < 1.29 is 4.79 Å². The Balaban J connectivity index is 0.000000135. The topological polar surface area (TPSA) is 52.7 Å². The Morgan fingerprint density at radius 1 is 0.279 bits per heavy atom. The zero-order valence-electron chi connectivity index (χ0n) is 56.6. The Morgan fingerprint density at radius 2 is 0.663 bits per heavy atom. The first-order valence-electron chi connectivity index (χ1n) is 35.7. The van der Waals surface area contributed by atoms with Crippen molar-refractivity contribution in [2.45, 2.75) is 11.3 Å². The molecule has 5 heteroatoms. The first kappa shape index (κ1) is 60.4. The number of carbonyl (C=O) groups excluding carboxylic acids is 1. The Bertz CT molecular complexity index is 6410. The summed E-state index contributed by atoms with van der Waals surface area (Å²) in [6, 6.07) is 136. The summed E-state index contributed by atoms with van der Waals surface area (Å²) in [5, 5.41) is 7.06. The summed E-state index contributed by atoms with van der Waals surface area (Å²) in [7, 11) is 0. The van der Waals surface area contributed by atoms with E-state index in [1.807, 2.05) is 66.7 Å². The molecule has 3 aliphatic rings. The number of benzene rings is 15. The van der Waals surface area contributed by atoms with Gasteiger partial charge in [-0.1, -0.05) is 309 Å². The Kier molecular flexibility index (Phi) is 14.3. The van der Waals surface area contributed by atoms with Gasteiger partial charge in [0.05, 0.1) is 55.5 Å². The molecule has 0 saturated heterocycles. The number of carbonyl (C=O) groups is 1. The SMILES string of the molecule is O=C1c2ccccc2-c2nc3ccccc3c(-c3ccccc3)c21.c1ccc(-c2c3c(nc4ccccc24)-c2ccccc2C3(c2ccc3c(c2)c2ccccc2n3-c2ccccc2)c2ccc3c(c2)c2ccccc2n3-c2ccccc2)cc1.c1ccc(C2c3ccccc3-c3ccccc32)cc1. The van der Waals surface area contributed by atoms with Crippen molar-refractivity contribution in [3.63, 3.8) is 0 Å². The van der Waals surface area contributed by atoms with Crippen molar-refractivity contribution >= 4 is 71.2 Å². The van der Waals surface area contributed by atoms with Crippen molar-refractivity contribution in [2.24, 2.45) is 0 Å². The van der Waals surface area contributed by atoms with E-state index in [0.29, 0.717) is 5.92 Å². The normalized spacial score (nSPS) is 12.9. The van der Waals surface area contributed by atoms with Crippen molar-refractivity contribution in [1.29, 1.82) is 0 Å². The second kappa shape index (κ2) is 24.6. The Morgan fingerprint density at radius 3 is 1.20 bits per heavy atom. The van der Waals surface area contributed by atoms with Gasteiger partial charge in [0.25, 0.3) is 0 Å². The van der Waals surface area contributed by atoms with Gasteiger partial charge in [0.1, 0.15) is 0 Å². The molecule has 486 valence electrons. The van der Waals surface area contributed by atoms with Crippen LogP contribution in [0.2, 0.25) is 0 Å². The molecule has 0 amide bonds. The fourth-order valence-electron chi connectivity index (χ4n) is 17.4. The van der Waals surface area contributed by atoms with Gasteiger partial charge < -0.3 is 9.13 Å². The number of aromatic nitrogens is 4. The second-order valence-corrected chi connectivity index (χ2v) is 27.2. The van der Waals surface area contributed by atoms with Gasteiger partial charge in [0, 0.05) is 77.4 Å². The van der Waals surface area contributed by atoms with E-state index in [1.54, 1.807) is 0 Å². The minimum Gasteiger partial charge on any atom is -0.309 e. The molecule has 22 rings (SSSR count). The number of rotatable bonds is 7. The number of fused-ring (bicyclic) bond motifs is 17. The molecule has 4 aromatic heterocycles. The average molecular weight is 1330 g/mol. The van der Waals surface area contributed by atoms with Gasteiger partial charge in [0.2, 0.25) is 0 Å². The van der Waals surface area contributed by atoms with Crippen LogP contribution in [0, 0.1) is 0 Å². The quantitative estimate of drug-likeness (QED) is 0.160. The molecule has 4 heterocycles. The van der Waals surface area contributed by atoms with Crippen LogP contribution in [-0.2, 0) is 5.41 Å². The number of ketones is 1. The minimum atomic E-state index is -0.748. The van der Waals surface area contributed by atoms with E-state index in [9.17, 15) is 4.79 Å². The summed E-state index contributed by atoms with van der Waals surface area (Å²) in [4.78, 5) is 23.5. The van der Waals surface area contributed by atoms with Crippen LogP contribution in [0.4, 0.5) is 0 Å². The fourth-order valence-corrected chi connectivity index (χ4v) is 17.4. The van der Waals surface area contributed by atoms with E-state index in [-0.39, 0.29) is 5.78 Å². The van der Waals surface area contributed by atoms with E-state index in [4.69, 9.17) is 9.97 Å². The summed E-state index contributed by atoms with van der Waals surface area (Å²) in [6.07, 6.45) is 0. The molecule has 0 unspecified atom stereocenters. The Hall–Kier alpha value is -13.6. The van der Waals surface area contributed by atoms with Crippen LogP contribution in [0.5, 0.6) is 0 Å². The maximum absolute atomic E-state index is 13.1. The molecule has 3 aliphatic carbocycles. The van der Waals surface area contributed by atoms with Gasteiger partial charge in [-0.25, -0.2) is 9.97 Å². The number of hydrogen-bond acceptors (Lipinski definition) is 3. The van der Waals surface area contributed by atoms with Crippen molar-refractivity contribution in [1.82, 2.24) is 19.1 Å². The monoisotopic (exact) mass is 1320 g/mol. The maximum atomic E-state index is 13.1. The molecule has 0 radical (unpaired) electrons. The fraction of sp³-hybridized carbons (Fsp3) is 0.0202. The summed E-state index contributed by atoms with van der Waals surface area (Å²) in [6.45, 7) is 0. The number of nitrogens with zero attached hydrogens (tertiary/aromatic N) is 4. The van der Waals surface area contributed by atoms with Crippen molar-refractivity contribution in [2.75, 3.05) is 0 Å². The van der Waals surface area contributed by atoms with E-state index < -0.39 is 5.41 Å². The molecule has 0 fully saturated rings. The van der Waals surface area contributed by atoms with Gasteiger partial charge in [0.15, 0.2) is 5.78 Å². The third-order valence-corrected chi connectivity index (χ3v) is 21.7. The van der Waals surface area contributed by atoms with Crippen LogP contribution in [0.1, 0.15) is 60.8 Å². The third-order valence-electron chi connectivity index (χ3n) is 21.7. The smallest absolute Gasteiger partial charge is 0.196 e. The van der Waals surface area contributed by atoms with Gasteiger partial charge in [-0.15, -0.1) is 0 Å². The van der Waals surface area contributed by atoms with Gasteiger partial charge in [-0.2, -0.15) is 0 Å². The summed E-state index contributed by atoms with van der Waals surface area (Å²) in [5.74, 6) is 0.450. The molecule has 0 atom stereocenters. The lowest BCUT2D eigenvalue weighted by molar-refractivity contribution is 0.104. The molecule has 15 aromatic carbocycles. The van der Waals surface area contributed by atoms with Crippen LogP contribution >= 0.6 is 0 Å². The second-order valence-electron chi connectivity index (χ2n) is 27.2. The first-order chi connectivity index (χ1) is 51.6. The van der Waals surface area contributed by atoms with Gasteiger partial charge in [-0.3, -0.25) is 4.79 Å². The highest BCUT2D eigenvalue weighted by Gasteiger charge is 2.50. The highest BCUT2D eigenvalue weighted by atomic mass is 16.1. The predicted octanol–water partition coefficient (Wildman–Crippen LogP) is 24.4. The number of pyridine rings is 2. The lowest BCUT2D eigenvalue weighted by Gasteiger charge is -2.35. The summed E-state index contributed by atoms with van der Waals surface area (Å²) < 4.78 is 4.82. The zero-order valence-corrected chi connectivity index (χ0v) is 56.6. The summed E-state index contributed by atoms with van der Waals surface area (Å²) in [5.41, 5.74) is 29.9. The van der Waals surface area contributed by atoms with E-state index in [0.717, 1.165) is 72.4 Å². The molecule has 5 nitrogen and oxygen atoms in total. The first-order valence-corrected chi connectivity index (χ1v) is 35.7. The van der Waals surface area contributed by atoms with Crippen LogP contribution in [0.3, 0.4) is 0 Å². The molecule has 104 heavy (non-hydrogen) atoms. The largest absolute Gasteiger partial charge is 0.309 e. The van der Waals surface area contributed by atoms with Crippen LogP contribution in [-0.4, -0.2) is 24.9 Å². The third kappa shape index (κ3) is 9.37. The number of para-hydroxylation sites is 6. The molecule has 19 aromatic rings. The van der Waals surface area contributed by atoms with Crippen LogP contribution < -0.4 is 0 Å². The lowest BCUT2D eigenvalue weighted by Crippen LogP contribution is -2.29. The van der Waals surface area contributed by atoms with E-state index in [1.165, 1.54) is 110 Å². The lowest BCUT2D eigenvalue weighted by atomic mass is 9.65. The van der Waals surface area contributed by atoms with Crippen LogP contribution in [0.15, 0.2) is 382 Å². The predicted molar refractivity (Wildman–Crippen MR) is 428 cm³/mol.